The van der Waals surface area contributed by atoms with Gasteiger partial charge in [-0.25, -0.2) is 0 Å². The van der Waals surface area contributed by atoms with Crippen molar-refractivity contribution in [3.05, 3.63) is 29.6 Å². The molecular formula is C14H17N3O2. The van der Waals surface area contributed by atoms with E-state index < -0.39 is 0 Å². The number of aromatic nitrogens is 2. The van der Waals surface area contributed by atoms with Crippen molar-refractivity contribution in [2.75, 3.05) is 12.8 Å². The minimum absolute atomic E-state index is 0.351. The van der Waals surface area contributed by atoms with Crippen LogP contribution in [0.25, 0.3) is 11.5 Å². The maximum atomic E-state index is 5.90. The first-order valence-corrected chi connectivity index (χ1v) is 6.41. The maximum absolute atomic E-state index is 5.90. The van der Waals surface area contributed by atoms with Gasteiger partial charge in [-0.1, -0.05) is 11.2 Å². The summed E-state index contributed by atoms with van der Waals surface area (Å²) in [4.78, 5) is 4.49. The molecule has 0 spiro atoms. The maximum Gasteiger partial charge on any atom is 0.258 e. The lowest BCUT2D eigenvalue weighted by molar-refractivity contribution is -0.0858. The number of hydrogen-bond donors (Lipinski definition) is 1. The second kappa shape index (κ2) is 4.35. The van der Waals surface area contributed by atoms with Crippen LogP contribution in [0.2, 0.25) is 0 Å². The van der Waals surface area contributed by atoms with Gasteiger partial charge in [0.05, 0.1) is 0 Å². The summed E-state index contributed by atoms with van der Waals surface area (Å²) in [5.74, 6) is 1.14. The van der Waals surface area contributed by atoms with Crippen molar-refractivity contribution < 1.29 is 9.26 Å². The lowest BCUT2D eigenvalue weighted by atomic mass is 9.79. The molecule has 0 bridgehead atoms. The molecule has 5 nitrogen and oxygen atoms in total. The summed E-state index contributed by atoms with van der Waals surface area (Å²) in [5, 5.41) is 4.08. The van der Waals surface area contributed by atoms with Gasteiger partial charge in [-0.15, -0.1) is 0 Å². The van der Waals surface area contributed by atoms with Crippen molar-refractivity contribution in [1.29, 1.82) is 0 Å². The van der Waals surface area contributed by atoms with Gasteiger partial charge in [-0.3, -0.25) is 0 Å². The molecule has 0 unspecified atom stereocenters. The molecule has 19 heavy (non-hydrogen) atoms. The van der Waals surface area contributed by atoms with Gasteiger partial charge in [0, 0.05) is 18.4 Å². The highest BCUT2D eigenvalue weighted by atomic mass is 16.5. The van der Waals surface area contributed by atoms with E-state index in [1.54, 1.807) is 7.11 Å². The topological polar surface area (TPSA) is 74.2 Å². The number of hydrogen-bond acceptors (Lipinski definition) is 5. The van der Waals surface area contributed by atoms with Crippen molar-refractivity contribution in [2.24, 2.45) is 0 Å². The first-order valence-electron chi connectivity index (χ1n) is 6.41. The SMILES string of the molecule is COC1(c2noc(-c3cccc(N)c3C)n2)CCC1. The predicted molar refractivity (Wildman–Crippen MR) is 71.4 cm³/mol. The van der Waals surface area contributed by atoms with E-state index in [2.05, 4.69) is 10.1 Å². The fourth-order valence-corrected chi connectivity index (χ4v) is 2.42. The van der Waals surface area contributed by atoms with Crippen molar-refractivity contribution in [2.45, 2.75) is 31.8 Å². The lowest BCUT2D eigenvalue weighted by Gasteiger charge is -2.37. The molecule has 1 heterocycles. The standard InChI is InChI=1S/C14H17N3O2/c1-9-10(5-3-6-11(9)15)12-16-13(17-19-12)14(18-2)7-4-8-14/h3,5-6H,4,7-8,15H2,1-2H3. The number of nitrogen functional groups attached to an aromatic ring is 1. The van der Waals surface area contributed by atoms with Crippen molar-refractivity contribution >= 4 is 5.69 Å². The highest BCUT2D eigenvalue weighted by Crippen LogP contribution is 2.43. The molecule has 0 radical (unpaired) electrons. The molecule has 1 fully saturated rings. The molecule has 1 aliphatic rings. The van der Waals surface area contributed by atoms with Crippen LogP contribution in [0.15, 0.2) is 22.7 Å². The monoisotopic (exact) mass is 259 g/mol. The van der Waals surface area contributed by atoms with Crippen LogP contribution in [0.4, 0.5) is 5.69 Å². The molecule has 0 atom stereocenters. The number of benzene rings is 1. The van der Waals surface area contributed by atoms with Crippen molar-refractivity contribution in [1.82, 2.24) is 10.1 Å². The zero-order valence-electron chi connectivity index (χ0n) is 11.1. The molecule has 1 saturated carbocycles. The lowest BCUT2D eigenvalue weighted by Crippen LogP contribution is -2.37. The molecule has 1 aromatic carbocycles. The number of nitrogens with zero attached hydrogens (tertiary/aromatic N) is 2. The minimum Gasteiger partial charge on any atom is -0.398 e. The Morgan fingerprint density at radius 1 is 1.37 bits per heavy atom. The average molecular weight is 259 g/mol. The van der Waals surface area contributed by atoms with E-state index >= 15 is 0 Å². The first-order chi connectivity index (χ1) is 9.16. The Bertz CT molecular complexity index is 597. The Balaban J connectivity index is 1.99. The van der Waals surface area contributed by atoms with Crippen LogP contribution < -0.4 is 5.73 Å². The van der Waals surface area contributed by atoms with Gasteiger partial charge in [-0.05, 0) is 43.9 Å². The van der Waals surface area contributed by atoms with Crippen LogP contribution in [0.1, 0.15) is 30.7 Å². The van der Waals surface area contributed by atoms with Crippen molar-refractivity contribution in [3.8, 4) is 11.5 Å². The van der Waals surface area contributed by atoms with Crippen LogP contribution in [0, 0.1) is 6.92 Å². The Hall–Kier alpha value is -1.88. The smallest absolute Gasteiger partial charge is 0.258 e. The second-order valence-corrected chi connectivity index (χ2v) is 4.99. The summed E-state index contributed by atoms with van der Waals surface area (Å²) in [7, 11) is 1.70. The largest absolute Gasteiger partial charge is 0.398 e. The third-order valence-corrected chi connectivity index (χ3v) is 3.99. The highest BCUT2D eigenvalue weighted by Gasteiger charge is 2.43. The van der Waals surface area contributed by atoms with Gasteiger partial charge in [0.15, 0.2) is 0 Å². The van der Waals surface area contributed by atoms with Gasteiger partial charge < -0.3 is 15.0 Å². The highest BCUT2D eigenvalue weighted by molar-refractivity contribution is 5.66. The molecule has 0 saturated heterocycles. The zero-order chi connectivity index (χ0) is 13.5. The Kier molecular flexibility index (Phi) is 2.78. The fourth-order valence-electron chi connectivity index (χ4n) is 2.42. The first kappa shape index (κ1) is 12.2. The van der Waals surface area contributed by atoms with Crippen LogP contribution >= 0.6 is 0 Å². The molecular weight excluding hydrogens is 242 g/mol. The number of anilines is 1. The average Bonchev–Trinajstić information content (AvgIpc) is 2.82. The fraction of sp³-hybridized carbons (Fsp3) is 0.429. The molecule has 5 heteroatoms. The zero-order valence-corrected chi connectivity index (χ0v) is 11.1. The summed E-state index contributed by atoms with van der Waals surface area (Å²) in [6.45, 7) is 1.95. The van der Waals surface area contributed by atoms with Gasteiger partial charge >= 0.3 is 0 Å². The van der Waals surface area contributed by atoms with E-state index in [-0.39, 0.29) is 5.60 Å². The number of nitrogens with two attached hydrogens (primary N) is 1. The van der Waals surface area contributed by atoms with Crippen LogP contribution in [0.5, 0.6) is 0 Å². The van der Waals surface area contributed by atoms with Gasteiger partial charge in [0.2, 0.25) is 5.82 Å². The van der Waals surface area contributed by atoms with Crippen molar-refractivity contribution in [3.63, 3.8) is 0 Å². The molecule has 3 rings (SSSR count). The number of rotatable bonds is 3. The van der Waals surface area contributed by atoms with Crippen LogP contribution in [0.3, 0.4) is 0 Å². The molecule has 2 N–H and O–H groups in total. The summed E-state index contributed by atoms with van der Waals surface area (Å²) < 4.78 is 10.9. The summed E-state index contributed by atoms with van der Waals surface area (Å²) in [6, 6.07) is 5.68. The van der Waals surface area contributed by atoms with E-state index in [9.17, 15) is 0 Å². The molecule has 0 amide bonds. The molecule has 0 aliphatic heterocycles. The van der Waals surface area contributed by atoms with E-state index in [0.717, 1.165) is 36.1 Å². The molecule has 100 valence electrons. The van der Waals surface area contributed by atoms with E-state index in [4.69, 9.17) is 15.0 Å². The van der Waals surface area contributed by atoms with Gasteiger partial charge in [0.1, 0.15) is 5.60 Å². The molecule has 1 aliphatic carbocycles. The number of ether oxygens (including phenoxy) is 1. The quantitative estimate of drug-likeness (QED) is 0.858. The van der Waals surface area contributed by atoms with Gasteiger partial charge in [-0.2, -0.15) is 4.98 Å². The number of methoxy groups -OCH3 is 1. The van der Waals surface area contributed by atoms with Crippen LogP contribution in [-0.2, 0) is 10.3 Å². The third kappa shape index (κ3) is 1.81. The summed E-state index contributed by atoms with van der Waals surface area (Å²) >= 11 is 0. The second-order valence-electron chi connectivity index (χ2n) is 4.99. The summed E-state index contributed by atoms with van der Waals surface area (Å²) in [6.07, 6.45) is 3.02. The van der Waals surface area contributed by atoms with E-state index in [1.807, 2.05) is 25.1 Å². The normalized spacial score (nSPS) is 17.2. The molecule has 2 aromatic rings. The minimum atomic E-state index is -0.351. The van der Waals surface area contributed by atoms with Gasteiger partial charge in [0.25, 0.3) is 5.89 Å². The Labute approximate surface area is 111 Å². The third-order valence-electron chi connectivity index (χ3n) is 3.99. The Morgan fingerprint density at radius 3 is 2.79 bits per heavy atom. The van der Waals surface area contributed by atoms with E-state index in [0.29, 0.717) is 11.7 Å². The van der Waals surface area contributed by atoms with E-state index in [1.165, 1.54) is 0 Å². The molecule has 1 aromatic heterocycles. The van der Waals surface area contributed by atoms with Crippen LogP contribution in [-0.4, -0.2) is 17.3 Å². The summed E-state index contributed by atoms with van der Waals surface area (Å²) in [5.41, 5.74) is 8.11. The predicted octanol–water partition coefficient (Wildman–Crippen LogP) is 2.65. The Morgan fingerprint density at radius 2 is 2.16 bits per heavy atom.